The highest BCUT2D eigenvalue weighted by atomic mass is 79.9. The van der Waals surface area contributed by atoms with Crippen LogP contribution in [0, 0.1) is 6.92 Å². The lowest BCUT2D eigenvalue weighted by molar-refractivity contribution is -0.137. The fourth-order valence-corrected chi connectivity index (χ4v) is 4.87. The van der Waals surface area contributed by atoms with Crippen molar-refractivity contribution in [2.24, 2.45) is 0 Å². The third-order valence-electron chi connectivity index (χ3n) is 6.34. The Morgan fingerprint density at radius 3 is 2.67 bits per heavy atom. The van der Waals surface area contributed by atoms with Crippen LogP contribution in [0.1, 0.15) is 29.3 Å². The lowest BCUT2D eigenvalue weighted by Crippen LogP contribution is -2.44. The number of aromatic nitrogens is 4. The first-order valence-electron chi connectivity index (χ1n) is 12.1. The van der Waals surface area contributed by atoms with E-state index in [1.54, 1.807) is 59.6 Å². The molecule has 1 aromatic carbocycles. The van der Waals surface area contributed by atoms with Crippen LogP contribution in [0.4, 0.5) is 10.2 Å². The number of fused-ring (bicyclic) bond motifs is 1. The predicted molar refractivity (Wildman–Crippen MR) is 144 cm³/mol. The number of carbonyl (C=O) groups excluding carboxylic acids is 3. The Kier molecular flexibility index (Phi) is 7.38. The second-order valence-corrected chi connectivity index (χ2v) is 10.1. The minimum absolute atomic E-state index is 0.113. The maximum absolute atomic E-state index is 14.4. The summed E-state index contributed by atoms with van der Waals surface area (Å²) in [6, 6.07) is 9.29. The van der Waals surface area contributed by atoms with Gasteiger partial charge in [-0.05, 0) is 65.7 Å². The van der Waals surface area contributed by atoms with Gasteiger partial charge in [-0.15, -0.1) is 0 Å². The summed E-state index contributed by atoms with van der Waals surface area (Å²) in [5.41, 5.74) is 1.90. The molecule has 12 heteroatoms. The molecular weight excluding hydrogens is 571 g/mol. The Morgan fingerprint density at radius 2 is 1.95 bits per heavy atom. The van der Waals surface area contributed by atoms with Gasteiger partial charge in [0.05, 0.1) is 6.54 Å². The average molecular weight is 595 g/mol. The monoisotopic (exact) mass is 594 g/mol. The molecule has 1 saturated heterocycles. The predicted octanol–water partition coefficient (Wildman–Crippen LogP) is 4.47. The van der Waals surface area contributed by atoms with Crippen molar-refractivity contribution in [1.29, 1.82) is 0 Å². The minimum Gasteiger partial charge on any atom is -0.424 e. The van der Waals surface area contributed by atoms with E-state index in [9.17, 15) is 18.8 Å². The molecule has 0 bridgehead atoms. The molecule has 39 heavy (non-hydrogen) atoms. The van der Waals surface area contributed by atoms with Crippen molar-refractivity contribution in [3.05, 3.63) is 70.7 Å². The normalized spacial score (nSPS) is 16.9. The summed E-state index contributed by atoms with van der Waals surface area (Å²) in [4.78, 5) is 52.4. The van der Waals surface area contributed by atoms with Crippen LogP contribution in [0.2, 0.25) is 0 Å². The molecule has 3 aromatic heterocycles. The lowest BCUT2D eigenvalue weighted by Gasteiger charge is -2.24. The minimum atomic E-state index is -1.34. The molecule has 5 rings (SSSR count). The first-order chi connectivity index (χ1) is 18.7. The first-order valence-corrected chi connectivity index (χ1v) is 12.9. The number of anilines is 1. The molecule has 4 heterocycles. The Bertz CT molecular complexity index is 1570. The Hall–Kier alpha value is -4.19. The number of hydrogen-bond acceptors (Lipinski definition) is 7. The molecule has 1 aliphatic rings. The van der Waals surface area contributed by atoms with Crippen LogP contribution in [0.5, 0.6) is 11.8 Å². The number of nitrogens with zero attached hydrogens (tertiary/aromatic N) is 5. The van der Waals surface area contributed by atoms with Crippen LogP contribution in [0.15, 0.2) is 59.6 Å². The number of aryl methyl sites for hydroxylation is 1. The van der Waals surface area contributed by atoms with Gasteiger partial charge in [0.2, 0.25) is 11.8 Å². The van der Waals surface area contributed by atoms with E-state index in [-0.39, 0.29) is 31.3 Å². The third-order valence-corrected chi connectivity index (χ3v) is 6.78. The first kappa shape index (κ1) is 26.4. The number of ketones is 1. The van der Waals surface area contributed by atoms with Crippen LogP contribution in [0.3, 0.4) is 0 Å². The number of ether oxygens (including phenoxy) is 1. The van der Waals surface area contributed by atoms with E-state index in [1.165, 1.54) is 11.8 Å². The van der Waals surface area contributed by atoms with E-state index in [1.807, 2.05) is 6.92 Å². The number of alkyl halides is 1. The summed E-state index contributed by atoms with van der Waals surface area (Å²) in [5, 5.41) is 3.24. The number of hydrogen-bond donors (Lipinski definition) is 1. The maximum atomic E-state index is 14.4. The molecule has 1 N–H and O–H groups in total. The van der Waals surface area contributed by atoms with Gasteiger partial charge in [0.25, 0.3) is 0 Å². The summed E-state index contributed by atoms with van der Waals surface area (Å²) in [5.74, 6) is -0.441. The Balaban J connectivity index is 1.37. The molecule has 2 amide bonds. The molecule has 4 aromatic rings. The SMILES string of the molecule is CC(=O)c1cn(CC(=O)N2CC(F)CC2C(=O)Nc2cccc(Br)n2)c2ccc(Oc3ncc(C)cn3)cc12. The largest absolute Gasteiger partial charge is 0.424 e. The Labute approximate surface area is 231 Å². The summed E-state index contributed by atoms with van der Waals surface area (Å²) >= 11 is 3.24. The van der Waals surface area contributed by atoms with Crippen LogP contribution >= 0.6 is 15.9 Å². The molecule has 2 atom stereocenters. The standard InChI is InChI=1S/C27H24BrFN6O4/c1-15-10-30-27(31-11-15)39-18-6-7-21-19(9-18)20(16(2)36)13-34(21)14-25(37)35-12-17(29)8-22(35)26(38)33-24-5-3-4-23(28)32-24/h3-7,9-11,13,17,22H,8,12,14H2,1-2H3,(H,32,33,38). The molecule has 0 spiro atoms. The number of Topliss-reactive ketones (excluding diaryl/α,β-unsaturated/α-hetero) is 1. The molecule has 200 valence electrons. The lowest BCUT2D eigenvalue weighted by atomic mass is 10.1. The van der Waals surface area contributed by atoms with E-state index in [0.29, 0.717) is 32.6 Å². The fourth-order valence-electron chi connectivity index (χ4n) is 4.52. The summed E-state index contributed by atoms with van der Waals surface area (Å²) < 4.78 is 22.3. The van der Waals surface area contributed by atoms with E-state index in [0.717, 1.165) is 5.56 Å². The topological polar surface area (TPSA) is 119 Å². The van der Waals surface area contributed by atoms with E-state index < -0.39 is 24.0 Å². The van der Waals surface area contributed by atoms with Crippen molar-refractivity contribution in [3.8, 4) is 11.8 Å². The molecule has 0 aliphatic carbocycles. The van der Waals surface area contributed by atoms with Crippen molar-refractivity contribution < 1.29 is 23.5 Å². The number of halogens is 2. The summed E-state index contributed by atoms with van der Waals surface area (Å²) in [6.07, 6.45) is 3.40. The number of carbonyl (C=O) groups is 3. The highest BCUT2D eigenvalue weighted by molar-refractivity contribution is 9.10. The molecule has 2 unspecified atom stereocenters. The van der Waals surface area contributed by atoms with Crippen LogP contribution < -0.4 is 10.1 Å². The Morgan fingerprint density at radius 1 is 1.18 bits per heavy atom. The number of nitrogens with one attached hydrogen (secondary N) is 1. The van der Waals surface area contributed by atoms with Crippen molar-refractivity contribution in [2.75, 3.05) is 11.9 Å². The van der Waals surface area contributed by atoms with Gasteiger partial charge in [-0.3, -0.25) is 14.4 Å². The summed E-state index contributed by atoms with van der Waals surface area (Å²) in [7, 11) is 0. The van der Waals surface area contributed by atoms with Gasteiger partial charge in [-0.1, -0.05) is 6.07 Å². The fraction of sp³-hybridized carbons (Fsp3) is 0.259. The van der Waals surface area contributed by atoms with Gasteiger partial charge in [0, 0.05) is 41.5 Å². The van der Waals surface area contributed by atoms with Crippen molar-refractivity contribution in [3.63, 3.8) is 0 Å². The molecule has 0 saturated carbocycles. The van der Waals surface area contributed by atoms with Gasteiger partial charge in [0.15, 0.2) is 5.78 Å². The number of amides is 2. The van der Waals surface area contributed by atoms with Crippen molar-refractivity contribution in [2.45, 2.75) is 39.0 Å². The third kappa shape index (κ3) is 5.80. The van der Waals surface area contributed by atoms with Crippen LogP contribution in [0.25, 0.3) is 10.9 Å². The van der Waals surface area contributed by atoms with Gasteiger partial charge in [-0.25, -0.2) is 19.3 Å². The molecule has 1 fully saturated rings. The maximum Gasteiger partial charge on any atom is 0.321 e. The number of pyridine rings is 1. The quantitative estimate of drug-likeness (QED) is 0.247. The molecule has 10 nitrogen and oxygen atoms in total. The molecular formula is C27H24BrFN6O4. The van der Waals surface area contributed by atoms with Crippen molar-refractivity contribution in [1.82, 2.24) is 24.4 Å². The molecule has 1 aliphatic heterocycles. The molecule has 0 radical (unpaired) electrons. The van der Waals surface area contributed by atoms with Crippen LogP contribution in [-0.2, 0) is 16.1 Å². The van der Waals surface area contributed by atoms with Gasteiger partial charge in [0.1, 0.15) is 34.9 Å². The van der Waals surface area contributed by atoms with Gasteiger partial charge < -0.3 is 19.5 Å². The smallest absolute Gasteiger partial charge is 0.321 e. The van der Waals surface area contributed by atoms with Gasteiger partial charge in [-0.2, -0.15) is 0 Å². The second kappa shape index (κ2) is 10.9. The van der Waals surface area contributed by atoms with E-state index >= 15 is 0 Å². The van der Waals surface area contributed by atoms with Crippen LogP contribution in [-0.4, -0.2) is 60.8 Å². The zero-order valence-corrected chi connectivity index (χ0v) is 22.7. The zero-order chi connectivity index (χ0) is 27.7. The van der Waals surface area contributed by atoms with Crippen molar-refractivity contribution >= 4 is 50.2 Å². The van der Waals surface area contributed by atoms with E-state index in [4.69, 9.17) is 4.74 Å². The second-order valence-electron chi connectivity index (χ2n) is 9.28. The number of rotatable bonds is 7. The summed E-state index contributed by atoms with van der Waals surface area (Å²) in [6.45, 7) is 2.91. The van der Waals surface area contributed by atoms with Gasteiger partial charge >= 0.3 is 6.01 Å². The number of benzene rings is 1. The highest BCUT2D eigenvalue weighted by Gasteiger charge is 2.40. The zero-order valence-electron chi connectivity index (χ0n) is 21.1. The average Bonchev–Trinajstić information content (AvgIpc) is 3.46. The highest BCUT2D eigenvalue weighted by Crippen LogP contribution is 2.29. The van der Waals surface area contributed by atoms with E-state index in [2.05, 4.69) is 36.2 Å². The number of likely N-dealkylation sites (tertiary alicyclic amines) is 1.